The highest BCUT2D eigenvalue weighted by atomic mass is 32.2. The molecule has 3 N–H and O–H groups in total. The number of nitrogens with zero attached hydrogens (tertiary/aromatic N) is 2. The Hall–Kier alpha value is -2.77. The van der Waals surface area contributed by atoms with Crippen LogP contribution in [0.1, 0.15) is 63.0 Å². The molecule has 0 spiro atoms. The van der Waals surface area contributed by atoms with Gasteiger partial charge in [-0.15, -0.1) is 11.8 Å². The van der Waals surface area contributed by atoms with Crippen molar-refractivity contribution in [1.29, 1.82) is 0 Å². The van der Waals surface area contributed by atoms with E-state index >= 15 is 0 Å². The fourth-order valence-electron chi connectivity index (χ4n) is 4.29. The third kappa shape index (κ3) is 4.94. The number of aromatic nitrogens is 2. The van der Waals surface area contributed by atoms with Crippen LogP contribution in [-0.2, 0) is 6.54 Å². The summed E-state index contributed by atoms with van der Waals surface area (Å²) in [6, 6.07) is 11.8. The molecule has 6 nitrogen and oxygen atoms in total. The summed E-state index contributed by atoms with van der Waals surface area (Å²) >= 11 is 1.49. The van der Waals surface area contributed by atoms with E-state index in [1.54, 1.807) is 6.26 Å². The average Bonchev–Trinajstić information content (AvgIpc) is 3.33. The van der Waals surface area contributed by atoms with E-state index in [0.717, 1.165) is 46.7 Å². The zero-order valence-electron chi connectivity index (χ0n) is 19.7. The van der Waals surface area contributed by atoms with Crippen LogP contribution >= 0.6 is 11.8 Å². The van der Waals surface area contributed by atoms with Gasteiger partial charge < -0.3 is 15.6 Å². The van der Waals surface area contributed by atoms with Crippen molar-refractivity contribution >= 4 is 17.3 Å². The van der Waals surface area contributed by atoms with E-state index in [1.165, 1.54) is 16.4 Å². The first-order valence-electron chi connectivity index (χ1n) is 11.3. The molecule has 174 valence electrons. The van der Waals surface area contributed by atoms with Gasteiger partial charge in [0, 0.05) is 11.6 Å². The zero-order chi connectivity index (χ0) is 23.6. The minimum atomic E-state index is -0.193. The zero-order valence-corrected chi connectivity index (χ0v) is 20.5. The van der Waals surface area contributed by atoms with Crippen LogP contribution in [0.3, 0.4) is 0 Å². The maximum absolute atomic E-state index is 13.5. The van der Waals surface area contributed by atoms with Crippen molar-refractivity contribution in [2.24, 2.45) is 5.41 Å². The summed E-state index contributed by atoms with van der Waals surface area (Å²) in [5.41, 5.74) is 3.64. The maximum Gasteiger partial charge on any atom is 0.280 e. The summed E-state index contributed by atoms with van der Waals surface area (Å²) in [6.45, 7) is 7.21. The molecule has 1 atom stereocenters. The molecule has 0 saturated carbocycles. The van der Waals surface area contributed by atoms with Crippen molar-refractivity contribution in [1.82, 2.24) is 15.0 Å². The fourth-order valence-corrected chi connectivity index (χ4v) is 4.89. The standard InChI is InChI=1S/C26H32N4O2S/c1-17(28-16-19-8-7-15-32-19)20-9-5-6-10-21(20)23-29-24(33-4)22(25(31)30(23)27)18-11-13-26(2,3)14-12-18/h5-11,15,17,28H,12-14,16,27H2,1-4H3. The predicted molar refractivity (Wildman–Crippen MR) is 135 cm³/mol. The third-order valence-electron chi connectivity index (χ3n) is 6.40. The van der Waals surface area contributed by atoms with Gasteiger partial charge in [0.25, 0.3) is 5.56 Å². The number of benzene rings is 1. The Kier molecular flexibility index (Phi) is 6.81. The van der Waals surface area contributed by atoms with Gasteiger partial charge in [-0.25, -0.2) is 9.66 Å². The lowest BCUT2D eigenvalue weighted by molar-refractivity contribution is 0.334. The van der Waals surface area contributed by atoms with Crippen LogP contribution in [0, 0.1) is 5.41 Å². The number of hydrogen-bond donors (Lipinski definition) is 2. The lowest BCUT2D eigenvalue weighted by atomic mass is 9.77. The molecule has 0 fully saturated rings. The van der Waals surface area contributed by atoms with E-state index in [0.29, 0.717) is 17.9 Å². The minimum absolute atomic E-state index is 0.00360. The minimum Gasteiger partial charge on any atom is -0.468 e. The summed E-state index contributed by atoms with van der Waals surface area (Å²) in [5.74, 6) is 7.73. The quantitative estimate of drug-likeness (QED) is 0.277. The van der Waals surface area contributed by atoms with E-state index in [2.05, 4.69) is 32.2 Å². The molecule has 7 heteroatoms. The molecular weight excluding hydrogens is 432 g/mol. The smallest absolute Gasteiger partial charge is 0.280 e. The van der Waals surface area contributed by atoms with Gasteiger partial charge in [-0.3, -0.25) is 4.79 Å². The number of nitrogen functional groups attached to an aromatic ring is 1. The number of rotatable bonds is 7. The number of nitrogens with one attached hydrogen (secondary N) is 1. The lowest BCUT2D eigenvalue weighted by Crippen LogP contribution is -2.34. The van der Waals surface area contributed by atoms with Gasteiger partial charge in [-0.1, -0.05) is 44.2 Å². The molecule has 0 saturated heterocycles. The Balaban J connectivity index is 1.73. The SMILES string of the molecule is CSc1nc(-c2ccccc2C(C)NCc2ccco2)n(N)c(=O)c1C1=CCC(C)(C)CC1. The predicted octanol–water partition coefficient (Wildman–Crippen LogP) is 5.38. The van der Waals surface area contributed by atoms with Gasteiger partial charge in [0.2, 0.25) is 0 Å². The molecule has 0 aliphatic heterocycles. The average molecular weight is 465 g/mol. The lowest BCUT2D eigenvalue weighted by Gasteiger charge is -2.29. The van der Waals surface area contributed by atoms with Gasteiger partial charge >= 0.3 is 0 Å². The van der Waals surface area contributed by atoms with E-state index in [-0.39, 0.29) is 17.0 Å². The van der Waals surface area contributed by atoms with Crippen LogP contribution in [-0.4, -0.2) is 15.9 Å². The molecule has 33 heavy (non-hydrogen) atoms. The molecule has 0 amide bonds. The fraction of sp³-hybridized carbons (Fsp3) is 0.385. The van der Waals surface area contributed by atoms with Gasteiger partial charge in [0.15, 0.2) is 5.82 Å². The van der Waals surface area contributed by atoms with Crippen molar-refractivity contribution in [2.75, 3.05) is 12.1 Å². The van der Waals surface area contributed by atoms with Crippen LogP contribution in [0.2, 0.25) is 0 Å². The van der Waals surface area contributed by atoms with Crippen LogP contribution in [0.15, 0.2) is 63.0 Å². The highest BCUT2D eigenvalue weighted by molar-refractivity contribution is 7.98. The van der Waals surface area contributed by atoms with Crippen LogP contribution in [0.5, 0.6) is 0 Å². The molecule has 2 heterocycles. The van der Waals surface area contributed by atoms with Crippen molar-refractivity contribution in [3.05, 3.63) is 76.0 Å². The van der Waals surface area contributed by atoms with Gasteiger partial charge in [-0.05, 0) is 61.1 Å². The Morgan fingerprint density at radius 1 is 1.27 bits per heavy atom. The largest absolute Gasteiger partial charge is 0.468 e. The molecular formula is C26H32N4O2S. The van der Waals surface area contributed by atoms with Crippen molar-refractivity contribution in [2.45, 2.75) is 57.6 Å². The summed E-state index contributed by atoms with van der Waals surface area (Å²) < 4.78 is 6.65. The van der Waals surface area contributed by atoms with Gasteiger partial charge in [-0.2, -0.15) is 0 Å². The first kappa shape index (κ1) is 23.4. The molecule has 0 bridgehead atoms. The van der Waals surface area contributed by atoms with Gasteiger partial charge in [0.1, 0.15) is 10.8 Å². The highest BCUT2D eigenvalue weighted by Crippen LogP contribution is 2.39. The number of furan rings is 1. The summed E-state index contributed by atoms with van der Waals surface area (Å²) in [4.78, 5) is 18.4. The number of allylic oxidation sites excluding steroid dienone is 2. The second-order valence-electron chi connectivity index (χ2n) is 9.36. The van der Waals surface area contributed by atoms with Crippen LogP contribution in [0.4, 0.5) is 0 Å². The van der Waals surface area contributed by atoms with E-state index in [4.69, 9.17) is 15.2 Å². The van der Waals surface area contributed by atoms with Crippen molar-refractivity contribution < 1.29 is 4.42 Å². The number of thioether (sulfide) groups is 1. The summed E-state index contributed by atoms with van der Waals surface area (Å²) in [7, 11) is 0. The summed E-state index contributed by atoms with van der Waals surface area (Å²) in [6.07, 6.45) is 8.67. The highest BCUT2D eigenvalue weighted by Gasteiger charge is 2.27. The normalized spacial score (nSPS) is 16.4. The summed E-state index contributed by atoms with van der Waals surface area (Å²) in [5, 5.41) is 4.21. The maximum atomic E-state index is 13.5. The monoisotopic (exact) mass is 464 g/mol. The second-order valence-corrected chi connectivity index (χ2v) is 10.2. The molecule has 4 rings (SSSR count). The van der Waals surface area contributed by atoms with E-state index in [1.807, 2.05) is 42.7 Å². The first-order valence-corrected chi connectivity index (χ1v) is 12.5. The molecule has 1 unspecified atom stereocenters. The number of hydrogen-bond acceptors (Lipinski definition) is 6. The second kappa shape index (κ2) is 9.61. The van der Waals surface area contributed by atoms with Crippen molar-refractivity contribution in [3.8, 4) is 11.4 Å². The Morgan fingerprint density at radius 3 is 2.73 bits per heavy atom. The molecule has 0 radical (unpaired) electrons. The Morgan fingerprint density at radius 2 is 2.06 bits per heavy atom. The van der Waals surface area contributed by atoms with E-state index < -0.39 is 0 Å². The van der Waals surface area contributed by atoms with Crippen molar-refractivity contribution in [3.63, 3.8) is 0 Å². The van der Waals surface area contributed by atoms with Crippen LogP contribution in [0.25, 0.3) is 17.0 Å². The number of nitrogens with two attached hydrogens (primary N) is 1. The molecule has 1 aromatic carbocycles. The molecule has 3 aromatic rings. The topological polar surface area (TPSA) is 86.1 Å². The first-order chi connectivity index (χ1) is 15.8. The Labute approximate surface area is 199 Å². The van der Waals surface area contributed by atoms with E-state index in [9.17, 15) is 4.79 Å². The van der Waals surface area contributed by atoms with Crippen LogP contribution < -0.4 is 16.7 Å². The Bertz CT molecular complexity index is 1210. The third-order valence-corrected chi connectivity index (χ3v) is 7.08. The molecule has 2 aromatic heterocycles. The molecule has 1 aliphatic rings. The molecule has 1 aliphatic carbocycles. The van der Waals surface area contributed by atoms with Gasteiger partial charge in [0.05, 0.1) is 18.4 Å².